The minimum atomic E-state index is -4.96. The van der Waals surface area contributed by atoms with E-state index in [1.807, 2.05) is 0 Å². The van der Waals surface area contributed by atoms with Gasteiger partial charge in [-0.05, 0) is 37.5 Å². The van der Waals surface area contributed by atoms with Gasteiger partial charge in [-0.25, -0.2) is 9.13 Å². The zero-order valence-corrected chi connectivity index (χ0v) is 63.1. The maximum atomic E-state index is 13.1. The molecule has 0 spiro atoms. The molecule has 0 heterocycles. The van der Waals surface area contributed by atoms with Gasteiger partial charge >= 0.3 is 39.5 Å². The molecule has 0 fully saturated rings. The molecule has 0 amide bonds. The second kappa shape index (κ2) is 66.9. The van der Waals surface area contributed by atoms with Crippen molar-refractivity contribution >= 4 is 39.5 Å². The summed E-state index contributed by atoms with van der Waals surface area (Å²) in [6.45, 7) is 9.59. The molecule has 0 rings (SSSR count). The van der Waals surface area contributed by atoms with Crippen LogP contribution in [-0.2, 0) is 65.4 Å². The van der Waals surface area contributed by atoms with Crippen LogP contribution < -0.4 is 0 Å². The number of aliphatic hydroxyl groups is 1. The number of unbranched alkanes of at least 4 members (excludes halogenated alkanes) is 44. The molecule has 0 aliphatic rings. The molecule has 558 valence electrons. The summed E-state index contributed by atoms with van der Waals surface area (Å²) >= 11 is 0. The lowest BCUT2D eigenvalue weighted by Gasteiger charge is -2.21. The Bertz CT molecular complexity index is 1820. The van der Waals surface area contributed by atoms with Crippen LogP contribution in [0.1, 0.15) is 388 Å². The van der Waals surface area contributed by atoms with Gasteiger partial charge in [0.2, 0.25) is 0 Å². The monoisotopic (exact) mass is 1380 g/mol. The number of carbonyl (C=O) groups is 4. The maximum Gasteiger partial charge on any atom is 0.472 e. The number of phosphoric acid groups is 2. The standard InChI is InChI=1S/C75H146O17P2/c1-7-9-11-13-15-17-19-20-21-22-27-34-40-46-52-58-73(78)86-64-70(91-74(79)59-53-47-41-35-28-24-23-26-31-37-43-49-55-67(3)4)65-89-93(81,82)87-61-69(76)62-88-94(83,84)90-66-71(63-85-72(77)57-51-45-39-33-25-18-16-14-12-10-8-2)92-75(80)60-54-48-42-36-30-29-32-38-44-50-56-68(5)6/h67-71,76H,7-66H2,1-6H3,(H,81,82)(H,83,84)/t69-,70-,71-/m1/s1. The summed E-state index contributed by atoms with van der Waals surface area (Å²) in [6.07, 6.45) is 53.9. The van der Waals surface area contributed by atoms with Crippen molar-refractivity contribution < 1.29 is 80.2 Å². The van der Waals surface area contributed by atoms with Crippen LogP contribution in [0.5, 0.6) is 0 Å². The number of hydrogen-bond acceptors (Lipinski definition) is 15. The molecule has 0 saturated carbocycles. The predicted octanol–water partition coefficient (Wildman–Crippen LogP) is 21.9. The van der Waals surface area contributed by atoms with Crippen LogP contribution >= 0.6 is 15.6 Å². The van der Waals surface area contributed by atoms with Gasteiger partial charge in [0.1, 0.15) is 19.3 Å². The Morgan fingerprint density at radius 1 is 0.287 bits per heavy atom. The van der Waals surface area contributed by atoms with Crippen LogP contribution in [0.15, 0.2) is 0 Å². The molecular formula is C75H146O17P2. The zero-order valence-electron chi connectivity index (χ0n) is 61.3. The Balaban J connectivity index is 5.26. The third kappa shape index (κ3) is 68.6. The van der Waals surface area contributed by atoms with Crippen molar-refractivity contribution in [1.29, 1.82) is 0 Å². The smallest absolute Gasteiger partial charge is 0.462 e. The van der Waals surface area contributed by atoms with E-state index >= 15 is 0 Å². The summed E-state index contributed by atoms with van der Waals surface area (Å²) in [6, 6.07) is 0. The molecule has 17 nitrogen and oxygen atoms in total. The van der Waals surface area contributed by atoms with Gasteiger partial charge in [0, 0.05) is 25.7 Å². The number of aliphatic hydroxyl groups excluding tert-OH is 1. The van der Waals surface area contributed by atoms with Crippen molar-refractivity contribution in [1.82, 2.24) is 0 Å². The van der Waals surface area contributed by atoms with Gasteiger partial charge in [-0.1, -0.05) is 337 Å². The van der Waals surface area contributed by atoms with Gasteiger partial charge in [0.25, 0.3) is 0 Å². The Hall–Kier alpha value is -1.94. The Kier molecular flexibility index (Phi) is 65.5. The van der Waals surface area contributed by atoms with Crippen LogP contribution in [0, 0.1) is 11.8 Å². The summed E-state index contributed by atoms with van der Waals surface area (Å²) in [4.78, 5) is 72.8. The molecule has 3 N–H and O–H groups in total. The van der Waals surface area contributed by atoms with E-state index in [9.17, 15) is 43.2 Å². The molecule has 0 aromatic rings. The van der Waals surface area contributed by atoms with Gasteiger partial charge in [-0.15, -0.1) is 0 Å². The van der Waals surface area contributed by atoms with E-state index in [2.05, 4.69) is 41.5 Å². The molecule has 2 unspecified atom stereocenters. The van der Waals surface area contributed by atoms with Crippen LogP contribution in [-0.4, -0.2) is 96.7 Å². The highest BCUT2D eigenvalue weighted by molar-refractivity contribution is 7.47. The van der Waals surface area contributed by atoms with E-state index in [0.29, 0.717) is 25.7 Å². The average Bonchev–Trinajstić information content (AvgIpc) is 1.60. The van der Waals surface area contributed by atoms with E-state index < -0.39 is 97.5 Å². The van der Waals surface area contributed by atoms with Gasteiger partial charge in [-0.3, -0.25) is 37.3 Å². The maximum absolute atomic E-state index is 13.1. The van der Waals surface area contributed by atoms with E-state index in [4.69, 9.17) is 37.0 Å². The highest BCUT2D eigenvalue weighted by Crippen LogP contribution is 2.45. The number of hydrogen-bond donors (Lipinski definition) is 3. The lowest BCUT2D eigenvalue weighted by molar-refractivity contribution is -0.161. The summed E-state index contributed by atoms with van der Waals surface area (Å²) in [7, 11) is -9.91. The molecule has 0 aliphatic carbocycles. The first kappa shape index (κ1) is 92.1. The van der Waals surface area contributed by atoms with Gasteiger partial charge in [-0.2, -0.15) is 0 Å². The van der Waals surface area contributed by atoms with Crippen molar-refractivity contribution in [2.24, 2.45) is 11.8 Å². The van der Waals surface area contributed by atoms with E-state index in [0.717, 1.165) is 102 Å². The second-order valence-electron chi connectivity index (χ2n) is 28.0. The number of phosphoric ester groups is 2. The third-order valence-electron chi connectivity index (χ3n) is 17.5. The Morgan fingerprint density at radius 2 is 0.489 bits per heavy atom. The number of carbonyl (C=O) groups excluding carboxylic acids is 4. The molecule has 0 saturated heterocycles. The Labute approximate surface area is 575 Å². The summed E-state index contributed by atoms with van der Waals surface area (Å²) in [5.41, 5.74) is 0. The van der Waals surface area contributed by atoms with Gasteiger partial charge in [0.15, 0.2) is 12.2 Å². The van der Waals surface area contributed by atoms with Crippen molar-refractivity contribution in [2.45, 2.75) is 407 Å². The van der Waals surface area contributed by atoms with E-state index in [1.54, 1.807) is 0 Å². The van der Waals surface area contributed by atoms with E-state index in [1.165, 1.54) is 205 Å². The quantitative estimate of drug-likeness (QED) is 0.0222. The fraction of sp³-hybridized carbons (Fsp3) is 0.947. The lowest BCUT2D eigenvalue weighted by Crippen LogP contribution is -2.30. The topological polar surface area (TPSA) is 237 Å². The molecule has 5 atom stereocenters. The van der Waals surface area contributed by atoms with Crippen LogP contribution in [0.25, 0.3) is 0 Å². The molecule has 0 aromatic carbocycles. The predicted molar refractivity (Wildman–Crippen MR) is 381 cm³/mol. The molecule has 0 radical (unpaired) electrons. The third-order valence-corrected chi connectivity index (χ3v) is 19.4. The minimum absolute atomic E-state index is 0.106. The summed E-state index contributed by atoms with van der Waals surface area (Å²) in [5.74, 6) is -0.586. The normalized spacial score (nSPS) is 14.0. The SMILES string of the molecule is CCCCCCCCCCCCCCCCCC(=O)OC[C@H](COP(=O)(O)OC[C@@H](O)COP(=O)(O)OC[C@@H](COC(=O)CCCCCCCCCCCCC)OC(=O)CCCCCCCCCCCCC(C)C)OC(=O)CCCCCCCCCCCCCCC(C)C. The van der Waals surface area contributed by atoms with Gasteiger partial charge in [0.05, 0.1) is 26.4 Å². The minimum Gasteiger partial charge on any atom is -0.462 e. The molecule has 0 aromatic heterocycles. The van der Waals surface area contributed by atoms with Crippen LogP contribution in [0.2, 0.25) is 0 Å². The highest BCUT2D eigenvalue weighted by Gasteiger charge is 2.30. The number of ether oxygens (including phenoxy) is 4. The first-order valence-corrected chi connectivity index (χ1v) is 42.0. The lowest BCUT2D eigenvalue weighted by atomic mass is 10.0. The number of rotatable bonds is 74. The molecular weight excluding hydrogens is 1230 g/mol. The van der Waals surface area contributed by atoms with Crippen LogP contribution in [0.4, 0.5) is 0 Å². The largest absolute Gasteiger partial charge is 0.472 e. The van der Waals surface area contributed by atoms with Crippen LogP contribution in [0.3, 0.4) is 0 Å². The molecule has 0 aliphatic heterocycles. The first-order valence-electron chi connectivity index (χ1n) is 39.0. The molecule has 94 heavy (non-hydrogen) atoms. The first-order chi connectivity index (χ1) is 45.4. The van der Waals surface area contributed by atoms with Crippen molar-refractivity contribution in [3.63, 3.8) is 0 Å². The number of esters is 4. The van der Waals surface area contributed by atoms with E-state index in [-0.39, 0.29) is 25.7 Å². The van der Waals surface area contributed by atoms with Crippen molar-refractivity contribution in [3.05, 3.63) is 0 Å². The highest BCUT2D eigenvalue weighted by atomic mass is 31.2. The fourth-order valence-electron chi connectivity index (χ4n) is 11.5. The van der Waals surface area contributed by atoms with Gasteiger partial charge < -0.3 is 33.8 Å². The molecule has 19 heteroatoms. The van der Waals surface area contributed by atoms with Crippen molar-refractivity contribution in [3.8, 4) is 0 Å². The summed E-state index contributed by atoms with van der Waals surface area (Å²) < 4.78 is 68.5. The van der Waals surface area contributed by atoms with Crippen molar-refractivity contribution in [2.75, 3.05) is 39.6 Å². The Morgan fingerprint density at radius 3 is 0.723 bits per heavy atom. The average molecular weight is 1380 g/mol. The summed E-state index contributed by atoms with van der Waals surface area (Å²) in [5, 5.41) is 10.6. The molecule has 0 bridgehead atoms. The zero-order chi connectivity index (χ0) is 69.3. The second-order valence-corrected chi connectivity index (χ2v) is 30.9. The fourth-order valence-corrected chi connectivity index (χ4v) is 13.1.